The first-order valence-corrected chi connectivity index (χ1v) is 12.0. The highest BCUT2D eigenvalue weighted by molar-refractivity contribution is 7.86. The molecule has 1 aliphatic carbocycles. The largest absolute Gasteiger partial charge is 0.493 e. The molecular weight excluding hydrogens is 416 g/mol. The SMILES string of the molecule is COc1cc2c(cc1OC)C(CCOS(=O)(=O)c1ccc(C)cc1)(C(C)C)C(O)CC2. The standard InChI is InChI=1S/C24H32O6S/c1-16(2)24(12-13-30-31(26,27)19-9-6-17(3)7-10-19)20-15-22(29-5)21(28-4)14-18(20)8-11-23(24)25/h6-7,9-10,14-16,23,25H,8,11-13H2,1-5H3. The van der Waals surface area contributed by atoms with E-state index in [0.717, 1.165) is 16.7 Å². The molecule has 2 aromatic rings. The average Bonchev–Trinajstić information content (AvgIpc) is 2.74. The van der Waals surface area contributed by atoms with Crippen LogP contribution in [0.4, 0.5) is 0 Å². The van der Waals surface area contributed by atoms with Crippen LogP contribution in [0.5, 0.6) is 11.5 Å². The predicted octanol–water partition coefficient (Wildman–Crippen LogP) is 4.01. The third-order valence-corrected chi connectivity index (χ3v) is 7.81. The van der Waals surface area contributed by atoms with Gasteiger partial charge in [-0.2, -0.15) is 8.42 Å². The Morgan fingerprint density at radius 2 is 1.71 bits per heavy atom. The van der Waals surface area contributed by atoms with Gasteiger partial charge in [0.2, 0.25) is 0 Å². The maximum Gasteiger partial charge on any atom is 0.296 e. The van der Waals surface area contributed by atoms with Crippen LogP contribution in [-0.2, 0) is 26.1 Å². The molecule has 1 N–H and O–H groups in total. The first kappa shape index (κ1) is 23.6. The lowest BCUT2D eigenvalue weighted by Crippen LogP contribution is -2.48. The van der Waals surface area contributed by atoms with Crippen molar-refractivity contribution in [2.45, 2.75) is 56.4 Å². The maximum absolute atomic E-state index is 12.6. The van der Waals surface area contributed by atoms with Crippen LogP contribution in [0.15, 0.2) is 41.3 Å². The van der Waals surface area contributed by atoms with Gasteiger partial charge in [-0.05, 0) is 67.5 Å². The van der Waals surface area contributed by atoms with Crippen molar-refractivity contribution in [3.8, 4) is 11.5 Å². The third kappa shape index (κ3) is 4.45. The van der Waals surface area contributed by atoms with Crippen LogP contribution in [0.3, 0.4) is 0 Å². The van der Waals surface area contributed by atoms with Crippen molar-refractivity contribution >= 4 is 10.1 Å². The number of aliphatic hydroxyl groups is 1. The summed E-state index contributed by atoms with van der Waals surface area (Å²) in [5, 5.41) is 11.1. The lowest BCUT2D eigenvalue weighted by Gasteiger charge is -2.46. The van der Waals surface area contributed by atoms with Crippen molar-refractivity contribution in [1.82, 2.24) is 0 Å². The molecule has 7 heteroatoms. The minimum Gasteiger partial charge on any atom is -0.493 e. The number of hydrogen-bond acceptors (Lipinski definition) is 6. The molecule has 0 amide bonds. The van der Waals surface area contributed by atoms with Gasteiger partial charge in [0.05, 0.1) is 31.8 Å². The Labute approximate surface area is 185 Å². The van der Waals surface area contributed by atoms with E-state index in [1.165, 1.54) is 0 Å². The summed E-state index contributed by atoms with van der Waals surface area (Å²) in [5.41, 5.74) is 2.37. The maximum atomic E-state index is 12.6. The first-order chi connectivity index (χ1) is 14.7. The monoisotopic (exact) mass is 448 g/mol. The van der Waals surface area contributed by atoms with E-state index in [0.29, 0.717) is 30.8 Å². The third-order valence-electron chi connectivity index (χ3n) is 6.49. The number of fused-ring (bicyclic) bond motifs is 1. The molecule has 0 heterocycles. The summed E-state index contributed by atoms with van der Waals surface area (Å²) in [5.74, 6) is 1.28. The van der Waals surface area contributed by atoms with E-state index in [1.54, 1.807) is 38.5 Å². The van der Waals surface area contributed by atoms with Crippen LogP contribution in [0.25, 0.3) is 0 Å². The minimum atomic E-state index is -3.87. The molecule has 0 fully saturated rings. The van der Waals surface area contributed by atoms with Gasteiger partial charge >= 0.3 is 0 Å². The van der Waals surface area contributed by atoms with Gasteiger partial charge in [0.1, 0.15) is 0 Å². The number of aryl methyl sites for hydroxylation is 2. The lowest BCUT2D eigenvalue weighted by atomic mass is 9.60. The molecule has 2 unspecified atom stereocenters. The number of rotatable bonds is 8. The summed E-state index contributed by atoms with van der Waals surface area (Å²) < 4.78 is 41.7. The molecule has 0 aliphatic heterocycles. The smallest absolute Gasteiger partial charge is 0.296 e. The molecule has 31 heavy (non-hydrogen) atoms. The highest BCUT2D eigenvalue weighted by atomic mass is 32.2. The number of aliphatic hydroxyl groups excluding tert-OH is 1. The van der Waals surface area contributed by atoms with Gasteiger partial charge in [-0.15, -0.1) is 0 Å². The Hall–Kier alpha value is -2.09. The molecule has 0 saturated carbocycles. The Balaban J connectivity index is 1.93. The van der Waals surface area contributed by atoms with Gasteiger partial charge in [0, 0.05) is 5.41 Å². The van der Waals surface area contributed by atoms with Crippen LogP contribution < -0.4 is 9.47 Å². The van der Waals surface area contributed by atoms with Crippen molar-refractivity contribution in [3.05, 3.63) is 53.1 Å². The molecule has 0 spiro atoms. The summed E-state index contributed by atoms with van der Waals surface area (Å²) in [6, 6.07) is 10.5. The summed E-state index contributed by atoms with van der Waals surface area (Å²) in [4.78, 5) is 0.132. The molecule has 6 nitrogen and oxygen atoms in total. The first-order valence-electron chi connectivity index (χ1n) is 10.5. The molecule has 2 aromatic carbocycles. The zero-order valence-corrected chi connectivity index (χ0v) is 19.7. The van der Waals surface area contributed by atoms with Crippen LogP contribution in [0.2, 0.25) is 0 Å². The second kappa shape index (κ2) is 9.18. The van der Waals surface area contributed by atoms with Gasteiger partial charge in [-0.3, -0.25) is 4.18 Å². The summed E-state index contributed by atoms with van der Waals surface area (Å²) in [6.45, 7) is 5.96. The molecule has 3 rings (SSSR count). The number of benzene rings is 2. The fraction of sp³-hybridized carbons (Fsp3) is 0.500. The molecule has 0 aromatic heterocycles. The Bertz CT molecular complexity index is 1010. The van der Waals surface area contributed by atoms with Crippen molar-refractivity contribution in [2.24, 2.45) is 5.92 Å². The highest BCUT2D eigenvalue weighted by Gasteiger charge is 2.46. The molecule has 0 bridgehead atoms. The quantitative estimate of drug-likeness (QED) is 0.615. The number of hydrogen-bond donors (Lipinski definition) is 1. The second-order valence-electron chi connectivity index (χ2n) is 8.45. The predicted molar refractivity (Wildman–Crippen MR) is 119 cm³/mol. The number of ether oxygens (including phenoxy) is 2. The van der Waals surface area contributed by atoms with Crippen molar-refractivity contribution in [1.29, 1.82) is 0 Å². The van der Waals surface area contributed by atoms with Crippen LogP contribution in [0, 0.1) is 12.8 Å². The summed E-state index contributed by atoms with van der Waals surface area (Å²) in [6.07, 6.45) is 1.04. The fourth-order valence-electron chi connectivity index (χ4n) is 4.67. The fourth-order valence-corrected chi connectivity index (χ4v) is 5.58. The van der Waals surface area contributed by atoms with Crippen molar-refractivity contribution in [3.63, 3.8) is 0 Å². The minimum absolute atomic E-state index is 0.0285. The van der Waals surface area contributed by atoms with Crippen molar-refractivity contribution < 1.29 is 27.2 Å². The van der Waals surface area contributed by atoms with E-state index in [1.807, 2.05) is 32.9 Å². The molecule has 0 radical (unpaired) electrons. The lowest BCUT2D eigenvalue weighted by molar-refractivity contribution is 0.0204. The van der Waals surface area contributed by atoms with Gasteiger partial charge in [0.15, 0.2) is 11.5 Å². The Kier molecular flexibility index (Phi) is 6.98. The average molecular weight is 449 g/mol. The molecule has 170 valence electrons. The molecule has 2 atom stereocenters. The van der Waals surface area contributed by atoms with Crippen molar-refractivity contribution in [2.75, 3.05) is 20.8 Å². The van der Waals surface area contributed by atoms with Crippen LogP contribution in [-0.4, -0.2) is 40.5 Å². The zero-order chi connectivity index (χ0) is 22.8. The molecule has 0 saturated heterocycles. The summed E-state index contributed by atoms with van der Waals surface area (Å²) in [7, 11) is -0.695. The van der Waals surface area contributed by atoms with Crippen LogP contribution in [0.1, 0.15) is 43.4 Å². The molecular formula is C24H32O6S. The van der Waals surface area contributed by atoms with Crippen LogP contribution >= 0.6 is 0 Å². The highest BCUT2D eigenvalue weighted by Crippen LogP contribution is 2.48. The van der Waals surface area contributed by atoms with Gasteiger partial charge in [0.25, 0.3) is 10.1 Å². The Morgan fingerprint density at radius 3 is 2.29 bits per heavy atom. The normalized spacial score (nSPS) is 21.1. The second-order valence-corrected chi connectivity index (χ2v) is 10.1. The topological polar surface area (TPSA) is 82.1 Å². The Morgan fingerprint density at radius 1 is 1.10 bits per heavy atom. The van der Waals surface area contributed by atoms with E-state index in [-0.39, 0.29) is 17.4 Å². The van der Waals surface area contributed by atoms with E-state index in [9.17, 15) is 13.5 Å². The van der Waals surface area contributed by atoms with E-state index < -0.39 is 21.6 Å². The van der Waals surface area contributed by atoms with E-state index in [4.69, 9.17) is 13.7 Å². The van der Waals surface area contributed by atoms with Gasteiger partial charge in [-0.1, -0.05) is 31.5 Å². The molecule has 1 aliphatic rings. The number of methoxy groups -OCH3 is 2. The zero-order valence-electron chi connectivity index (χ0n) is 18.8. The van der Waals surface area contributed by atoms with Gasteiger partial charge < -0.3 is 14.6 Å². The van der Waals surface area contributed by atoms with E-state index in [2.05, 4.69) is 0 Å². The van der Waals surface area contributed by atoms with E-state index >= 15 is 0 Å². The summed E-state index contributed by atoms with van der Waals surface area (Å²) >= 11 is 0. The van der Waals surface area contributed by atoms with Gasteiger partial charge in [-0.25, -0.2) is 0 Å².